The van der Waals surface area contributed by atoms with Crippen LogP contribution in [0.3, 0.4) is 0 Å². The molecular weight excluding hydrogens is 663 g/mol. The summed E-state index contributed by atoms with van der Waals surface area (Å²) in [7, 11) is 0. The molecule has 0 N–H and O–H groups in total. The first-order valence-corrected chi connectivity index (χ1v) is 18.0. The Bertz CT molecular complexity index is 3200. The van der Waals surface area contributed by atoms with E-state index in [4.69, 9.17) is 23.8 Å². The number of hydrogen-bond acceptors (Lipinski definition) is 5. The van der Waals surface area contributed by atoms with E-state index in [1.54, 1.807) is 0 Å². The van der Waals surface area contributed by atoms with Gasteiger partial charge in [0.1, 0.15) is 22.3 Å². The number of para-hydroxylation sites is 1. The molecule has 0 aliphatic carbocycles. The van der Waals surface area contributed by atoms with Crippen LogP contribution in [0.2, 0.25) is 0 Å². The lowest BCUT2D eigenvalue weighted by Gasteiger charge is -2.11. The monoisotopic (exact) mass is 691 g/mol. The van der Waals surface area contributed by atoms with E-state index in [0.717, 1.165) is 88.0 Å². The molecule has 0 unspecified atom stereocenters. The first kappa shape index (κ1) is 30.3. The molecule has 0 aliphatic rings. The lowest BCUT2D eigenvalue weighted by Crippen LogP contribution is -2.00. The number of furan rings is 2. The van der Waals surface area contributed by atoms with Gasteiger partial charge in [0, 0.05) is 43.6 Å². The van der Waals surface area contributed by atoms with E-state index in [1.807, 2.05) is 60.7 Å². The highest BCUT2D eigenvalue weighted by atomic mass is 16.3. The van der Waals surface area contributed by atoms with Gasteiger partial charge in [-0.2, -0.15) is 0 Å². The van der Waals surface area contributed by atoms with Gasteiger partial charge in [0.15, 0.2) is 17.5 Å². The van der Waals surface area contributed by atoms with Gasteiger partial charge >= 0.3 is 0 Å². The van der Waals surface area contributed by atoms with Gasteiger partial charge in [0.05, 0.1) is 0 Å². The summed E-state index contributed by atoms with van der Waals surface area (Å²) in [5.41, 5.74) is 10.7. The number of fused-ring (bicyclic) bond motifs is 8. The molecule has 0 saturated heterocycles. The number of aromatic nitrogens is 3. The Morgan fingerprint density at radius 1 is 0.278 bits per heavy atom. The van der Waals surface area contributed by atoms with Crippen molar-refractivity contribution in [2.24, 2.45) is 0 Å². The van der Waals surface area contributed by atoms with Gasteiger partial charge in [0.2, 0.25) is 0 Å². The van der Waals surface area contributed by atoms with Crippen LogP contribution in [0.4, 0.5) is 0 Å². The summed E-state index contributed by atoms with van der Waals surface area (Å²) in [6.07, 6.45) is 0. The van der Waals surface area contributed by atoms with E-state index in [2.05, 4.69) is 115 Å². The van der Waals surface area contributed by atoms with Crippen LogP contribution >= 0.6 is 0 Å². The highest BCUT2D eigenvalue weighted by molar-refractivity contribution is 6.19. The van der Waals surface area contributed by atoms with Crippen molar-refractivity contribution in [3.05, 3.63) is 176 Å². The van der Waals surface area contributed by atoms with E-state index < -0.39 is 0 Å². The predicted molar refractivity (Wildman–Crippen MR) is 219 cm³/mol. The molecule has 5 nitrogen and oxygen atoms in total. The SMILES string of the molecule is c1ccc(-c2ccc3c(c2)oc2c4ccccc4c(-c4ccc(-c5nc(-c6ccccc6)nc(-c6ccc7c(c6)oc6ccccc67)n5)cc4)cc32)cc1. The third-order valence-electron chi connectivity index (χ3n) is 10.3. The predicted octanol–water partition coefficient (Wildman–Crippen LogP) is 13.2. The minimum atomic E-state index is 0.587. The molecule has 3 aromatic heterocycles. The number of rotatable bonds is 5. The summed E-state index contributed by atoms with van der Waals surface area (Å²) in [4.78, 5) is 15.0. The Labute approximate surface area is 309 Å². The molecule has 0 aliphatic heterocycles. The molecule has 0 atom stereocenters. The zero-order chi connectivity index (χ0) is 35.6. The fourth-order valence-electron chi connectivity index (χ4n) is 7.66. The summed E-state index contributed by atoms with van der Waals surface area (Å²) in [5.74, 6) is 1.80. The minimum absolute atomic E-state index is 0.587. The Balaban J connectivity index is 1.02. The molecular formula is C49H29N3O2. The van der Waals surface area contributed by atoms with Crippen LogP contribution < -0.4 is 0 Å². The average Bonchev–Trinajstić information content (AvgIpc) is 3.81. The van der Waals surface area contributed by atoms with Crippen LogP contribution in [0.1, 0.15) is 0 Å². The summed E-state index contributed by atoms with van der Waals surface area (Å²) in [5, 5.41) is 6.57. The fourth-order valence-corrected chi connectivity index (χ4v) is 7.66. The molecule has 54 heavy (non-hydrogen) atoms. The van der Waals surface area contributed by atoms with Crippen molar-refractivity contribution in [3.8, 4) is 56.4 Å². The van der Waals surface area contributed by atoms with Crippen molar-refractivity contribution < 1.29 is 8.83 Å². The second-order valence-electron chi connectivity index (χ2n) is 13.6. The molecule has 0 bridgehead atoms. The second-order valence-corrected chi connectivity index (χ2v) is 13.6. The van der Waals surface area contributed by atoms with Crippen molar-refractivity contribution in [2.75, 3.05) is 0 Å². The fraction of sp³-hybridized carbons (Fsp3) is 0. The van der Waals surface area contributed by atoms with Crippen molar-refractivity contribution in [1.82, 2.24) is 15.0 Å². The molecule has 5 heteroatoms. The van der Waals surface area contributed by atoms with E-state index in [-0.39, 0.29) is 0 Å². The van der Waals surface area contributed by atoms with Crippen LogP contribution in [0.25, 0.3) is 111 Å². The zero-order valence-corrected chi connectivity index (χ0v) is 28.9. The molecule has 11 rings (SSSR count). The molecule has 252 valence electrons. The second kappa shape index (κ2) is 12.1. The van der Waals surface area contributed by atoms with Gasteiger partial charge < -0.3 is 8.83 Å². The minimum Gasteiger partial charge on any atom is -0.456 e. The largest absolute Gasteiger partial charge is 0.456 e. The first-order valence-electron chi connectivity index (χ1n) is 18.0. The van der Waals surface area contributed by atoms with Crippen LogP contribution in [0, 0.1) is 0 Å². The Morgan fingerprint density at radius 2 is 0.759 bits per heavy atom. The lowest BCUT2D eigenvalue weighted by atomic mass is 9.94. The quantitative estimate of drug-likeness (QED) is 0.180. The molecule has 11 aromatic rings. The molecule has 0 saturated carbocycles. The maximum atomic E-state index is 6.60. The number of hydrogen-bond donors (Lipinski definition) is 0. The van der Waals surface area contributed by atoms with Gasteiger partial charge in [0.25, 0.3) is 0 Å². The van der Waals surface area contributed by atoms with E-state index in [1.165, 1.54) is 5.56 Å². The highest BCUT2D eigenvalue weighted by Gasteiger charge is 2.18. The maximum absolute atomic E-state index is 6.60. The van der Waals surface area contributed by atoms with Gasteiger partial charge in [-0.1, -0.05) is 140 Å². The van der Waals surface area contributed by atoms with Gasteiger partial charge in [-0.25, -0.2) is 15.0 Å². The summed E-state index contributed by atoms with van der Waals surface area (Å²) in [6, 6.07) is 60.5. The van der Waals surface area contributed by atoms with Gasteiger partial charge in [-0.15, -0.1) is 0 Å². The smallest absolute Gasteiger partial charge is 0.164 e. The third kappa shape index (κ3) is 4.98. The first-order chi connectivity index (χ1) is 26.7. The Morgan fingerprint density at radius 3 is 1.50 bits per heavy atom. The van der Waals surface area contributed by atoms with Gasteiger partial charge in [-0.3, -0.25) is 0 Å². The third-order valence-corrected chi connectivity index (χ3v) is 10.3. The average molecular weight is 692 g/mol. The van der Waals surface area contributed by atoms with Crippen molar-refractivity contribution >= 4 is 54.6 Å². The van der Waals surface area contributed by atoms with E-state index in [0.29, 0.717) is 17.5 Å². The summed E-state index contributed by atoms with van der Waals surface area (Å²) < 4.78 is 12.8. The van der Waals surface area contributed by atoms with Crippen molar-refractivity contribution in [2.45, 2.75) is 0 Å². The van der Waals surface area contributed by atoms with Crippen molar-refractivity contribution in [1.29, 1.82) is 0 Å². The topological polar surface area (TPSA) is 65.0 Å². The van der Waals surface area contributed by atoms with Crippen LogP contribution in [0.5, 0.6) is 0 Å². The number of nitrogens with zero attached hydrogens (tertiary/aromatic N) is 3. The Kier molecular flexibility index (Phi) is 6.79. The molecule has 0 amide bonds. The molecule has 0 fully saturated rings. The normalized spacial score (nSPS) is 11.7. The Hall–Kier alpha value is -7.37. The van der Waals surface area contributed by atoms with Crippen LogP contribution in [0.15, 0.2) is 185 Å². The molecule has 3 heterocycles. The highest BCUT2D eigenvalue weighted by Crippen LogP contribution is 2.41. The zero-order valence-electron chi connectivity index (χ0n) is 28.9. The van der Waals surface area contributed by atoms with Gasteiger partial charge in [-0.05, 0) is 64.0 Å². The maximum Gasteiger partial charge on any atom is 0.164 e. The van der Waals surface area contributed by atoms with E-state index in [9.17, 15) is 0 Å². The summed E-state index contributed by atoms with van der Waals surface area (Å²) in [6.45, 7) is 0. The standard InChI is InChI=1S/C49H29N3O2/c1-3-11-30(12-4-1)34-23-25-39-42-29-41(36-15-7-8-17-40(36)46(42)54-45(39)27-34)31-19-21-33(22-20-31)48-50-47(32-13-5-2-6-14-32)51-49(52-48)35-24-26-38-37-16-9-10-18-43(37)53-44(38)28-35/h1-29H. The van der Waals surface area contributed by atoms with E-state index >= 15 is 0 Å². The lowest BCUT2D eigenvalue weighted by molar-refractivity contribution is 0.669. The van der Waals surface area contributed by atoms with Crippen LogP contribution in [-0.2, 0) is 0 Å². The molecule has 0 radical (unpaired) electrons. The summed E-state index contributed by atoms with van der Waals surface area (Å²) >= 11 is 0. The molecule has 0 spiro atoms. The van der Waals surface area contributed by atoms with Crippen LogP contribution in [-0.4, -0.2) is 15.0 Å². The molecule has 8 aromatic carbocycles. The van der Waals surface area contributed by atoms with Crippen molar-refractivity contribution in [3.63, 3.8) is 0 Å². The number of benzene rings is 8.